The van der Waals surface area contributed by atoms with Gasteiger partial charge in [-0.3, -0.25) is 0 Å². The van der Waals surface area contributed by atoms with Crippen molar-refractivity contribution in [2.75, 3.05) is 0 Å². The molecule has 0 aromatic rings. The first kappa shape index (κ1) is 24.7. The summed E-state index contributed by atoms with van der Waals surface area (Å²) in [4.78, 5) is 0. The van der Waals surface area contributed by atoms with E-state index in [0.717, 1.165) is 36.3 Å². The van der Waals surface area contributed by atoms with Crippen molar-refractivity contribution < 1.29 is 15.3 Å². The van der Waals surface area contributed by atoms with Gasteiger partial charge in [0.25, 0.3) is 0 Å². The Bertz CT molecular complexity index is 712. The number of aliphatic hydroxyl groups excluding tert-OH is 2. The highest BCUT2D eigenvalue weighted by atomic mass is 16.3. The lowest BCUT2D eigenvalue weighted by atomic mass is 9.60. The van der Waals surface area contributed by atoms with Crippen LogP contribution in [0.1, 0.15) is 92.4 Å². The molecule has 31 heavy (non-hydrogen) atoms. The molecule has 1 unspecified atom stereocenters. The van der Waals surface area contributed by atoms with Crippen molar-refractivity contribution in [2.24, 2.45) is 29.1 Å². The quantitative estimate of drug-likeness (QED) is 0.488. The Hall–Kier alpha value is -0.900. The Kier molecular flexibility index (Phi) is 7.61. The van der Waals surface area contributed by atoms with E-state index in [1.54, 1.807) is 5.57 Å². The fourth-order valence-corrected chi connectivity index (χ4v) is 6.91. The van der Waals surface area contributed by atoms with Crippen molar-refractivity contribution in [3.05, 3.63) is 35.5 Å². The number of rotatable bonds is 6. The molecule has 0 radical (unpaired) electrons. The van der Waals surface area contributed by atoms with E-state index in [1.165, 1.54) is 32.1 Å². The molecule has 3 rings (SSSR count). The number of allylic oxidation sites excluding steroid dienone is 3. The minimum Gasteiger partial charge on any atom is -0.392 e. The summed E-state index contributed by atoms with van der Waals surface area (Å²) in [5.74, 6) is 1.94. The highest BCUT2D eigenvalue weighted by molar-refractivity contribution is 5.39. The molecule has 0 aromatic carbocycles. The molecule has 3 heteroatoms. The van der Waals surface area contributed by atoms with Gasteiger partial charge in [-0.15, -0.1) is 0 Å². The monoisotopic (exact) mass is 430 g/mol. The Morgan fingerprint density at radius 1 is 1.23 bits per heavy atom. The van der Waals surface area contributed by atoms with Crippen LogP contribution >= 0.6 is 0 Å². The SMILES string of the molecule is C=C1/C(=C\C=C2/CCC[C@@]3(C)C2CC[C@@H]3[C@@H](C)CCCC(C)(C)O)C[C@H](O)[C@H](C)[C@@H]1O. The van der Waals surface area contributed by atoms with Gasteiger partial charge in [0.15, 0.2) is 0 Å². The lowest BCUT2D eigenvalue weighted by Crippen LogP contribution is -2.36. The van der Waals surface area contributed by atoms with Crippen LogP contribution in [0.3, 0.4) is 0 Å². The van der Waals surface area contributed by atoms with Crippen LogP contribution in [-0.2, 0) is 0 Å². The standard InChI is InChI=1S/C28H46O3/c1-18(9-7-15-27(4,5)31)23-13-14-24-21(10-8-16-28(23,24)6)11-12-22-17-25(29)20(3)26(30)19(22)2/h11-12,18,20,23-26,29-31H,2,7-10,13-17H2,1,3-6H3/b21-11+,22-12-/t18-,20-,23+,24?,25-,26+,28+/m0/s1. The first-order valence-corrected chi connectivity index (χ1v) is 12.6. The molecule has 0 heterocycles. The van der Waals surface area contributed by atoms with Crippen molar-refractivity contribution in [1.29, 1.82) is 0 Å². The van der Waals surface area contributed by atoms with E-state index >= 15 is 0 Å². The summed E-state index contributed by atoms with van der Waals surface area (Å²) in [7, 11) is 0. The molecule has 3 aliphatic carbocycles. The van der Waals surface area contributed by atoms with Gasteiger partial charge in [0.05, 0.1) is 17.8 Å². The summed E-state index contributed by atoms with van der Waals surface area (Å²) in [5.41, 5.74) is 3.15. The van der Waals surface area contributed by atoms with Crippen molar-refractivity contribution >= 4 is 0 Å². The molecule has 176 valence electrons. The fraction of sp³-hybridized carbons (Fsp3) is 0.786. The predicted molar refractivity (Wildman–Crippen MR) is 129 cm³/mol. The van der Waals surface area contributed by atoms with E-state index in [4.69, 9.17) is 0 Å². The van der Waals surface area contributed by atoms with E-state index in [9.17, 15) is 15.3 Å². The third kappa shape index (κ3) is 5.37. The van der Waals surface area contributed by atoms with Gasteiger partial charge in [0.1, 0.15) is 0 Å². The van der Waals surface area contributed by atoms with Crippen LogP contribution in [-0.4, -0.2) is 33.1 Å². The minimum atomic E-state index is -0.648. The summed E-state index contributed by atoms with van der Waals surface area (Å²) < 4.78 is 0. The minimum absolute atomic E-state index is 0.149. The summed E-state index contributed by atoms with van der Waals surface area (Å²) in [6, 6.07) is 0. The van der Waals surface area contributed by atoms with Crippen LogP contribution in [0.2, 0.25) is 0 Å². The molecular weight excluding hydrogens is 384 g/mol. The van der Waals surface area contributed by atoms with Gasteiger partial charge in [-0.25, -0.2) is 0 Å². The van der Waals surface area contributed by atoms with E-state index < -0.39 is 17.8 Å². The second-order valence-corrected chi connectivity index (χ2v) is 11.8. The smallest absolute Gasteiger partial charge is 0.0837 e. The molecule has 3 saturated carbocycles. The molecule has 3 fully saturated rings. The molecule has 0 spiro atoms. The fourth-order valence-electron chi connectivity index (χ4n) is 6.91. The van der Waals surface area contributed by atoms with Gasteiger partial charge >= 0.3 is 0 Å². The molecule has 0 bridgehead atoms. The molecule has 3 aliphatic rings. The van der Waals surface area contributed by atoms with Crippen LogP contribution in [0.15, 0.2) is 35.5 Å². The van der Waals surface area contributed by atoms with Gasteiger partial charge < -0.3 is 15.3 Å². The summed E-state index contributed by atoms with van der Waals surface area (Å²) in [6.45, 7) is 14.8. The molecule has 0 amide bonds. The number of hydrogen-bond acceptors (Lipinski definition) is 3. The van der Waals surface area contributed by atoms with Crippen molar-refractivity contribution in [3.8, 4) is 0 Å². The van der Waals surface area contributed by atoms with Crippen LogP contribution in [0.25, 0.3) is 0 Å². The number of fused-ring (bicyclic) bond motifs is 1. The van der Waals surface area contributed by atoms with Crippen LogP contribution in [0.5, 0.6) is 0 Å². The molecular formula is C28H46O3. The molecule has 0 saturated heterocycles. The van der Waals surface area contributed by atoms with Gasteiger partial charge in [-0.05, 0) is 93.1 Å². The number of hydrogen-bond donors (Lipinski definition) is 3. The van der Waals surface area contributed by atoms with Gasteiger partial charge in [-0.1, -0.05) is 57.9 Å². The third-order valence-corrected chi connectivity index (χ3v) is 8.97. The average Bonchev–Trinajstić information content (AvgIpc) is 3.04. The maximum atomic E-state index is 10.4. The highest BCUT2D eigenvalue weighted by Crippen LogP contribution is 2.60. The summed E-state index contributed by atoms with van der Waals surface area (Å²) in [5, 5.41) is 30.7. The van der Waals surface area contributed by atoms with Gasteiger partial charge in [-0.2, -0.15) is 0 Å². The topological polar surface area (TPSA) is 60.7 Å². The van der Waals surface area contributed by atoms with E-state index in [-0.39, 0.29) is 5.92 Å². The second-order valence-electron chi connectivity index (χ2n) is 11.8. The Morgan fingerprint density at radius 2 is 1.94 bits per heavy atom. The Balaban J connectivity index is 1.71. The predicted octanol–water partition coefficient (Wildman–Crippen LogP) is 5.95. The molecule has 3 nitrogen and oxygen atoms in total. The normalized spacial score (nSPS) is 40.4. The van der Waals surface area contributed by atoms with Crippen LogP contribution < -0.4 is 0 Å². The maximum absolute atomic E-state index is 10.4. The second kappa shape index (κ2) is 9.53. The van der Waals surface area contributed by atoms with E-state index in [0.29, 0.717) is 23.7 Å². The van der Waals surface area contributed by atoms with Crippen LogP contribution in [0.4, 0.5) is 0 Å². The lowest BCUT2D eigenvalue weighted by molar-refractivity contribution is 0.0283. The van der Waals surface area contributed by atoms with Crippen molar-refractivity contribution in [3.63, 3.8) is 0 Å². The lowest BCUT2D eigenvalue weighted by Gasteiger charge is -2.44. The van der Waals surface area contributed by atoms with E-state index in [2.05, 4.69) is 32.6 Å². The highest BCUT2D eigenvalue weighted by Gasteiger charge is 2.50. The largest absolute Gasteiger partial charge is 0.392 e. The zero-order chi connectivity index (χ0) is 23.0. The van der Waals surface area contributed by atoms with Crippen molar-refractivity contribution in [1.82, 2.24) is 0 Å². The molecule has 3 N–H and O–H groups in total. The average molecular weight is 431 g/mol. The van der Waals surface area contributed by atoms with Gasteiger partial charge in [0.2, 0.25) is 0 Å². The summed E-state index contributed by atoms with van der Waals surface area (Å²) >= 11 is 0. The zero-order valence-corrected chi connectivity index (χ0v) is 20.5. The maximum Gasteiger partial charge on any atom is 0.0837 e. The van der Waals surface area contributed by atoms with E-state index in [1.807, 2.05) is 20.8 Å². The van der Waals surface area contributed by atoms with Crippen LogP contribution in [0, 0.1) is 29.1 Å². The Labute approximate surface area is 190 Å². The third-order valence-electron chi connectivity index (χ3n) is 8.97. The molecule has 0 aliphatic heterocycles. The van der Waals surface area contributed by atoms with Crippen molar-refractivity contribution in [2.45, 2.75) is 110 Å². The zero-order valence-electron chi connectivity index (χ0n) is 20.5. The first-order chi connectivity index (χ1) is 14.4. The first-order valence-electron chi connectivity index (χ1n) is 12.6. The van der Waals surface area contributed by atoms with Gasteiger partial charge in [0, 0.05) is 5.92 Å². The molecule has 0 aromatic heterocycles. The number of aliphatic hydroxyl groups is 3. The Morgan fingerprint density at radius 3 is 2.61 bits per heavy atom. The summed E-state index contributed by atoms with van der Waals surface area (Å²) in [6.07, 6.45) is 13.4. The molecule has 7 atom stereocenters.